The quantitative estimate of drug-likeness (QED) is 0.687. The van der Waals surface area contributed by atoms with Crippen molar-refractivity contribution in [3.05, 3.63) is 18.0 Å². The molecule has 92 valence electrons. The molecule has 0 radical (unpaired) electrons. The Labute approximate surface area is 98.0 Å². The molecule has 4 heteroatoms. The number of hydrogen-bond acceptors (Lipinski definition) is 3. The van der Waals surface area contributed by atoms with Gasteiger partial charge in [0.15, 0.2) is 0 Å². The van der Waals surface area contributed by atoms with Crippen molar-refractivity contribution in [3.63, 3.8) is 0 Å². The van der Waals surface area contributed by atoms with Crippen LogP contribution < -0.4 is 5.32 Å². The van der Waals surface area contributed by atoms with E-state index < -0.39 is 0 Å². The number of methoxy groups -OCH3 is 1. The summed E-state index contributed by atoms with van der Waals surface area (Å²) in [6.45, 7) is 4.09. The van der Waals surface area contributed by atoms with Gasteiger partial charge in [0.25, 0.3) is 0 Å². The summed E-state index contributed by atoms with van der Waals surface area (Å²) in [6.07, 6.45) is 7.39. The Bertz CT molecular complexity index is 286. The molecule has 0 amide bonds. The van der Waals surface area contributed by atoms with Gasteiger partial charge in [-0.15, -0.1) is 0 Å². The molecule has 0 fully saturated rings. The second-order valence-corrected chi connectivity index (χ2v) is 4.06. The van der Waals surface area contributed by atoms with Crippen molar-refractivity contribution in [1.82, 2.24) is 15.1 Å². The van der Waals surface area contributed by atoms with Gasteiger partial charge in [-0.1, -0.05) is 6.92 Å². The fourth-order valence-electron chi connectivity index (χ4n) is 1.77. The van der Waals surface area contributed by atoms with Crippen LogP contribution in [0.2, 0.25) is 0 Å². The van der Waals surface area contributed by atoms with Crippen molar-refractivity contribution in [2.75, 3.05) is 20.3 Å². The summed E-state index contributed by atoms with van der Waals surface area (Å²) in [5, 5.41) is 7.75. The van der Waals surface area contributed by atoms with E-state index in [9.17, 15) is 0 Å². The zero-order chi connectivity index (χ0) is 11.8. The number of aromatic nitrogens is 2. The van der Waals surface area contributed by atoms with E-state index in [2.05, 4.69) is 23.5 Å². The number of hydrogen-bond donors (Lipinski definition) is 1. The Kier molecular flexibility index (Phi) is 6.11. The van der Waals surface area contributed by atoms with Gasteiger partial charge in [0, 0.05) is 38.6 Å². The number of nitrogens with one attached hydrogen (secondary N) is 1. The highest BCUT2D eigenvalue weighted by atomic mass is 16.5. The van der Waals surface area contributed by atoms with Crippen molar-refractivity contribution in [2.45, 2.75) is 32.2 Å². The highest BCUT2D eigenvalue weighted by molar-refractivity contribution is 5.09. The molecule has 0 aliphatic rings. The Morgan fingerprint density at radius 1 is 1.50 bits per heavy atom. The zero-order valence-electron chi connectivity index (χ0n) is 10.6. The van der Waals surface area contributed by atoms with Gasteiger partial charge in [0.2, 0.25) is 0 Å². The fourth-order valence-corrected chi connectivity index (χ4v) is 1.77. The summed E-state index contributed by atoms with van der Waals surface area (Å²) in [7, 11) is 3.70. The van der Waals surface area contributed by atoms with Gasteiger partial charge >= 0.3 is 0 Å². The molecule has 4 nitrogen and oxygen atoms in total. The van der Waals surface area contributed by atoms with Crippen LogP contribution in [0.1, 0.15) is 37.8 Å². The fraction of sp³-hybridized carbons (Fsp3) is 0.750. The van der Waals surface area contributed by atoms with Gasteiger partial charge in [-0.2, -0.15) is 5.10 Å². The minimum Gasteiger partial charge on any atom is -0.385 e. The van der Waals surface area contributed by atoms with Crippen LogP contribution >= 0.6 is 0 Å². The highest BCUT2D eigenvalue weighted by Gasteiger charge is 2.09. The van der Waals surface area contributed by atoms with E-state index in [4.69, 9.17) is 4.74 Å². The summed E-state index contributed by atoms with van der Waals surface area (Å²) in [5.74, 6) is 0. The maximum atomic E-state index is 5.02. The first kappa shape index (κ1) is 13.2. The van der Waals surface area contributed by atoms with Crippen LogP contribution in [0.25, 0.3) is 0 Å². The molecule has 0 aromatic carbocycles. The molecule has 0 aliphatic heterocycles. The van der Waals surface area contributed by atoms with E-state index in [0.29, 0.717) is 6.04 Å². The number of nitrogens with zero attached hydrogens (tertiary/aromatic N) is 2. The van der Waals surface area contributed by atoms with Crippen LogP contribution in [0.5, 0.6) is 0 Å². The summed E-state index contributed by atoms with van der Waals surface area (Å²) < 4.78 is 6.87. The van der Waals surface area contributed by atoms with Crippen molar-refractivity contribution >= 4 is 0 Å². The first-order valence-electron chi connectivity index (χ1n) is 5.98. The smallest absolute Gasteiger partial charge is 0.0537 e. The maximum absolute atomic E-state index is 5.02. The van der Waals surface area contributed by atoms with Gasteiger partial charge in [-0.3, -0.25) is 4.68 Å². The Morgan fingerprint density at radius 3 is 2.88 bits per heavy atom. The zero-order valence-corrected chi connectivity index (χ0v) is 10.6. The van der Waals surface area contributed by atoms with Gasteiger partial charge in [-0.05, 0) is 25.8 Å². The van der Waals surface area contributed by atoms with Gasteiger partial charge in [-0.25, -0.2) is 0 Å². The molecule has 0 saturated heterocycles. The topological polar surface area (TPSA) is 39.1 Å². The number of ether oxygens (including phenoxy) is 1. The van der Waals surface area contributed by atoms with Crippen LogP contribution in [0.4, 0.5) is 0 Å². The SMILES string of the molecule is CCC(NCCCCOC)c1cnn(C)c1. The predicted molar refractivity (Wildman–Crippen MR) is 65.4 cm³/mol. The van der Waals surface area contributed by atoms with Gasteiger partial charge in [0.1, 0.15) is 0 Å². The highest BCUT2D eigenvalue weighted by Crippen LogP contribution is 2.14. The summed E-state index contributed by atoms with van der Waals surface area (Å²) in [4.78, 5) is 0. The number of aryl methyl sites for hydroxylation is 1. The normalized spacial score (nSPS) is 12.9. The van der Waals surface area contributed by atoms with Crippen molar-refractivity contribution < 1.29 is 4.74 Å². The van der Waals surface area contributed by atoms with E-state index in [1.807, 2.05) is 17.9 Å². The molecule has 1 aromatic heterocycles. The second kappa shape index (κ2) is 7.41. The van der Waals surface area contributed by atoms with Crippen LogP contribution in [-0.2, 0) is 11.8 Å². The van der Waals surface area contributed by atoms with Crippen molar-refractivity contribution in [1.29, 1.82) is 0 Å². The average Bonchev–Trinajstić information content (AvgIpc) is 2.70. The summed E-state index contributed by atoms with van der Waals surface area (Å²) in [6, 6.07) is 0.427. The molecule has 0 spiro atoms. The molecule has 0 aliphatic carbocycles. The van der Waals surface area contributed by atoms with Crippen LogP contribution in [0, 0.1) is 0 Å². The molecule has 1 N–H and O–H groups in total. The largest absolute Gasteiger partial charge is 0.385 e. The van der Waals surface area contributed by atoms with E-state index >= 15 is 0 Å². The molecule has 0 saturated carbocycles. The average molecular weight is 225 g/mol. The molecule has 16 heavy (non-hydrogen) atoms. The molecular formula is C12H23N3O. The third-order valence-electron chi connectivity index (χ3n) is 2.70. The molecule has 1 rings (SSSR count). The van der Waals surface area contributed by atoms with Crippen molar-refractivity contribution in [3.8, 4) is 0 Å². The van der Waals surface area contributed by atoms with E-state index in [-0.39, 0.29) is 0 Å². The monoisotopic (exact) mass is 225 g/mol. The first-order valence-corrected chi connectivity index (χ1v) is 5.98. The Hall–Kier alpha value is -0.870. The molecule has 1 unspecified atom stereocenters. The Morgan fingerprint density at radius 2 is 2.31 bits per heavy atom. The number of rotatable bonds is 8. The lowest BCUT2D eigenvalue weighted by Crippen LogP contribution is -2.21. The lowest BCUT2D eigenvalue weighted by atomic mass is 10.1. The van der Waals surface area contributed by atoms with E-state index in [0.717, 1.165) is 32.4 Å². The van der Waals surface area contributed by atoms with Gasteiger partial charge < -0.3 is 10.1 Å². The van der Waals surface area contributed by atoms with E-state index in [1.165, 1.54) is 5.56 Å². The van der Waals surface area contributed by atoms with Crippen molar-refractivity contribution in [2.24, 2.45) is 7.05 Å². The molecule has 0 bridgehead atoms. The number of unbranched alkanes of at least 4 members (excludes halogenated alkanes) is 1. The molecule has 1 atom stereocenters. The van der Waals surface area contributed by atoms with Crippen LogP contribution in [0.15, 0.2) is 12.4 Å². The molecule has 1 heterocycles. The first-order chi connectivity index (χ1) is 7.77. The Balaban J connectivity index is 2.27. The molecular weight excluding hydrogens is 202 g/mol. The summed E-state index contributed by atoms with van der Waals surface area (Å²) in [5.41, 5.74) is 1.27. The minimum atomic E-state index is 0.427. The maximum Gasteiger partial charge on any atom is 0.0537 e. The van der Waals surface area contributed by atoms with Crippen LogP contribution in [0.3, 0.4) is 0 Å². The third-order valence-corrected chi connectivity index (χ3v) is 2.70. The predicted octanol–water partition coefficient (Wildman–Crippen LogP) is 1.89. The third kappa shape index (κ3) is 4.33. The molecule has 1 aromatic rings. The van der Waals surface area contributed by atoms with E-state index in [1.54, 1.807) is 7.11 Å². The van der Waals surface area contributed by atoms with Crippen LogP contribution in [-0.4, -0.2) is 30.0 Å². The lowest BCUT2D eigenvalue weighted by Gasteiger charge is -2.15. The minimum absolute atomic E-state index is 0.427. The summed E-state index contributed by atoms with van der Waals surface area (Å²) >= 11 is 0. The second-order valence-electron chi connectivity index (χ2n) is 4.06. The lowest BCUT2D eigenvalue weighted by molar-refractivity contribution is 0.192. The van der Waals surface area contributed by atoms with Gasteiger partial charge in [0.05, 0.1) is 6.20 Å². The standard InChI is InChI=1S/C12H23N3O/c1-4-12(11-9-14-15(2)10-11)13-7-5-6-8-16-3/h9-10,12-13H,4-8H2,1-3H3.